The van der Waals surface area contributed by atoms with Gasteiger partial charge in [0.05, 0.1) is 18.1 Å². The summed E-state index contributed by atoms with van der Waals surface area (Å²) in [6.07, 6.45) is 6.49. The van der Waals surface area contributed by atoms with E-state index in [1.807, 2.05) is 13.8 Å². The van der Waals surface area contributed by atoms with Gasteiger partial charge in [0.25, 0.3) is 0 Å². The predicted molar refractivity (Wildman–Crippen MR) is 102 cm³/mol. The van der Waals surface area contributed by atoms with Crippen LogP contribution in [0.2, 0.25) is 0 Å². The average Bonchev–Trinajstić information content (AvgIpc) is 2.66. The SMILES string of the molecule is CC.CC(C)N1CCC(c2ncc(NC3CCC(=O)NC3=O)cn2)CC1. The molecule has 2 aliphatic rings. The van der Waals surface area contributed by atoms with E-state index in [0.717, 1.165) is 31.8 Å². The van der Waals surface area contributed by atoms with Gasteiger partial charge in [-0.1, -0.05) is 13.8 Å². The summed E-state index contributed by atoms with van der Waals surface area (Å²) >= 11 is 0. The van der Waals surface area contributed by atoms with Crippen LogP contribution in [0.5, 0.6) is 0 Å². The number of carbonyl (C=O) groups excluding carboxylic acids is 2. The molecule has 26 heavy (non-hydrogen) atoms. The minimum atomic E-state index is -0.397. The highest BCUT2D eigenvalue weighted by Gasteiger charge is 2.27. The van der Waals surface area contributed by atoms with Crippen LogP contribution in [0.1, 0.15) is 65.1 Å². The van der Waals surface area contributed by atoms with Gasteiger partial charge in [-0.3, -0.25) is 14.9 Å². The number of hydrogen-bond donors (Lipinski definition) is 2. The zero-order valence-electron chi connectivity index (χ0n) is 16.3. The van der Waals surface area contributed by atoms with Crippen molar-refractivity contribution < 1.29 is 9.59 Å². The molecular weight excluding hydrogens is 330 g/mol. The molecule has 1 unspecified atom stereocenters. The number of nitrogens with one attached hydrogen (secondary N) is 2. The molecule has 1 aromatic heterocycles. The first-order valence-electron chi connectivity index (χ1n) is 9.69. The lowest BCUT2D eigenvalue weighted by atomic mass is 9.95. The summed E-state index contributed by atoms with van der Waals surface area (Å²) in [6.45, 7) is 10.6. The number of carbonyl (C=O) groups is 2. The third-order valence-electron chi connectivity index (χ3n) is 4.88. The van der Waals surface area contributed by atoms with Gasteiger partial charge in [-0.05, 0) is 46.2 Å². The van der Waals surface area contributed by atoms with Gasteiger partial charge in [-0.25, -0.2) is 9.97 Å². The zero-order valence-corrected chi connectivity index (χ0v) is 16.3. The number of anilines is 1. The molecule has 2 saturated heterocycles. The van der Waals surface area contributed by atoms with Gasteiger partial charge >= 0.3 is 0 Å². The van der Waals surface area contributed by atoms with Crippen LogP contribution in [-0.2, 0) is 9.59 Å². The maximum absolute atomic E-state index is 11.8. The zero-order chi connectivity index (χ0) is 19.1. The summed E-state index contributed by atoms with van der Waals surface area (Å²) < 4.78 is 0. The molecule has 0 bridgehead atoms. The van der Waals surface area contributed by atoms with Gasteiger partial charge in [0.1, 0.15) is 11.9 Å². The molecule has 3 rings (SSSR count). The van der Waals surface area contributed by atoms with Crippen LogP contribution in [0.15, 0.2) is 12.4 Å². The fourth-order valence-electron chi connectivity index (χ4n) is 3.33. The van der Waals surface area contributed by atoms with Crippen LogP contribution in [0, 0.1) is 0 Å². The molecule has 0 saturated carbocycles. The van der Waals surface area contributed by atoms with Crippen molar-refractivity contribution in [3.63, 3.8) is 0 Å². The minimum absolute atomic E-state index is 0.211. The summed E-state index contributed by atoms with van der Waals surface area (Å²) in [5.74, 6) is 0.797. The van der Waals surface area contributed by atoms with Crippen molar-refractivity contribution in [2.24, 2.45) is 0 Å². The number of likely N-dealkylation sites (tertiary alicyclic amines) is 1. The lowest BCUT2D eigenvalue weighted by Gasteiger charge is -2.33. The third-order valence-corrected chi connectivity index (χ3v) is 4.88. The number of nitrogens with zero attached hydrogens (tertiary/aromatic N) is 3. The van der Waals surface area contributed by atoms with E-state index in [1.165, 1.54) is 0 Å². The Kier molecular flexibility index (Phi) is 7.50. The molecule has 2 N–H and O–H groups in total. The van der Waals surface area contributed by atoms with Gasteiger partial charge in [-0.15, -0.1) is 0 Å². The Morgan fingerprint density at radius 3 is 2.27 bits per heavy atom. The molecule has 7 heteroatoms. The highest BCUT2D eigenvalue weighted by atomic mass is 16.2. The van der Waals surface area contributed by atoms with Crippen molar-refractivity contribution in [2.75, 3.05) is 18.4 Å². The molecule has 0 aliphatic carbocycles. The molecular formula is C19H31N5O2. The Balaban J connectivity index is 0.00000117. The summed E-state index contributed by atoms with van der Waals surface area (Å²) in [7, 11) is 0. The van der Waals surface area contributed by atoms with Crippen LogP contribution >= 0.6 is 0 Å². The maximum atomic E-state index is 11.8. The first kappa shape index (κ1) is 20.3. The van der Waals surface area contributed by atoms with Crippen LogP contribution in [0.4, 0.5) is 5.69 Å². The molecule has 0 spiro atoms. The second-order valence-corrected chi connectivity index (χ2v) is 6.88. The average molecular weight is 361 g/mol. The summed E-state index contributed by atoms with van der Waals surface area (Å²) in [5.41, 5.74) is 0.716. The number of piperidine rings is 2. The summed E-state index contributed by atoms with van der Waals surface area (Å²) in [4.78, 5) is 34.4. The molecule has 0 radical (unpaired) electrons. The van der Waals surface area contributed by atoms with E-state index in [-0.39, 0.29) is 11.8 Å². The van der Waals surface area contributed by atoms with Gasteiger partial charge in [0, 0.05) is 18.4 Å². The lowest BCUT2D eigenvalue weighted by molar-refractivity contribution is -0.133. The van der Waals surface area contributed by atoms with E-state index in [9.17, 15) is 9.59 Å². The first-order chi connectivity index (χ1) is 12.5. The van der Waals surface area contributed by atoms with Crippen molar-refractivity contribution >= 4 is 17.5 Å². The number of aromatic nitrogens is 2. The minimum Gasteiger partial charge on any atom is -0.371 e. The highest BCUT2D eigenvalue weighted by molar-refractivity contribution is 6.01. The fourth-order valence-corrected chi connectivity index (χ4v) is 3.33. The van der Waals surface area contributed by atoms with Crippen LogP contribution < -0.4 is 10.6 Å². The standard InChI is InChI=1S/C17H25N5O2.C2H6/c1-11(2)22-7-5-12(6-8-22)16-18-9-13(10-19-16)20-14-3-4-15(23)21-17(14)24;1-2/h9-12,14,20H,3-8H2,1-2H3,(H,21,23,24);1-2H3. The molecule has 1 aromatic rings. The Morgan fingerprint density at radius 2 is 1.73 bits per heavy atom. The van der Waals surface area contributed by atoms with Crippen LogP contribution in [0.25, 0.3) is 0 Å². The van der Waals surface area contributed by atoms with Crippen LogP contribution in [-0.4, -0.2) is 51.9 Å². The van der Waals surface area contributed by atoms with Gasteiger partial charge in [0.15, 0.2) is 0 Å². The Labute approximate surface area is 156 Å². The van der Waals surface area contributed by atoms with Crippen molar-refractivity contribution in [3.05, 3.63) is 18.2 Å². The number of hydrogen-bond acceptors (Lipinski definition) is 6. The topological polar surface area (TPSA) is 87.2 Å². The lowest BCUT2D eigenvalue weighted by Crippen LogP contribution is -2.47. The smallest absolute Gasteiger partial charge is 0.249 e. The van der Waals surface area contributed by atoms with Crippen molar-refractivity contribution in [1.82, 2.24) is 20.2 Å². The second kappa shape index (κ2) is 9.62. The Morgan fingerprint density at radius 1 is 1.12 bits per heavy atom. The van der Waals surface area contributed by atoms with Gasteiger partial charge in [-0.2, -0.15) is 0 Å². The van der Waals surface area contributed by atoms with Gasteiger partial charge < -0.3 is 10.2 Å². The highest BCUT2D eigenvalue weighted by Crippen LogP contribution is 2.26. The normalized spacial score (nSPS) is 21.8. The molecule has 2 aliphatic heterocycles. The molecule has 2 fully saturated rings. The van der Waals surface area contributed by atoms with Crippen LogP contribution in [0.3, 0.4) is 0 Å². The molecule has 3 heterocycles. The Bertz CT molecular complexity index is 594. The molecule has 144 valence electrons. The van der Waals surface area contributed by atoms with E-state index in [4.69, 9.17) is 0 Å². The quantitative estimate of drug-likeness (QED) is 0.800. The summed E-state index contributed by atoms with van der Waals surface area (Å²) in [5, 5.41) is 5.45. The fraction of sp³-hybridized carbons (Fsp3) is 0.684. The van der Waals surface area contributed by atoms with Crippen molar-refractivity contribution in [1.29, 1.82) is 0 Å². The van der Waals surface area contributed by atoms with E-state index >= 15 is 0 Å². The number of rotatable bonds is 4. The Hall–Kier alpha value is -2.02. The summed E-state index contributed by atoms with van der Waals surface area (Å²) in [6, 6.07) is 0.193. The second-order valence-electron chi connectivity index (χ2n) is 6.88. The van der Waals surface area contributed by atoms with Crippen molar-refractivity contribution in [3.8, 4) is 0 Å². The monoisotopic (exact) mass is 361 g/mol. The van der Waals surface area contributed by atoms with E-state index in [2.05, 4.69) is 39.3 Å². The molecule has 1 atom stereocenters. The molecule has 2 amide bonds. The third kappa shape index (κ3) is 5.24. The maximum Gasteiger partial charge on any atom is 0.249 e. The number of amides is 2. The predicted octanol–water partition coefficient (Wildman–Crippen LogP) is 2.31. The van der Waals surface area contributed by atoms with E-state index in [0.29, 0.717) is 30.5 Å². The van der Waals surface area contributed by atoms with Crippen molar-refractivity contribution in [2.45, 2.75) is 71.4 Å². The first-order valence-corrected chi connectivity index (χ1v) is 9.69. The largest absolute Gasteiger partial charge is 0.371 e. The van der Waals surface area contributed by atoms with Gasteiger partial charge in [0.2, 0.25) is 11.8 Å². The van der Waals surface area contributed by atoms with E-state index < -0.39 is 6.04 Å². The molecule has 7 nitrogen and oxygen atoms in total. The molecule has 0 aromatic carbocycles. The van der Waals surface area contributed by atoms with E-state index in [1.54, 1.807) is 12.4 Å². The number of imide groups is 1.